The van der Waals surface area contributed by atoms with Gasteiger partial charge in [-0.2, -0.15) is 0 Å². The second kappa shape index (κ2) is 8.04. The van der Waals surface area contributed by atoms with E-state index in [9.17, 15) is 9.59 Å². The van der Waals surface area contributed by atoms with Crippen LogP contribution in [-0.4, -0.2) is 48.4 Å². The average Bonchev–Trinajstić information content (AvgIpc) is 2.91. The maximum Gasteiger partial charge on any atom is 0.330 e. The Bertz CT molecular complexity index is 581. The zero-order valence-corrected chi connectivity index (χ0v) is 14.9. The zero-order valence-electron chi connectivity index (χ0n) is 13.3. The summed E-state index contributed by atoms with van der Waals surface area (Å²) in [4.78, 5) is 26.3. The molecular weight excluding hydrogens is 338 g/mol. The second-order valence-electron chi connectivity index (χ2n) is 5.48. The summed E-state index contributed by atoms with van der Waals surface area (Å²) in [5, 5.41) is 0.316. The third-order valence-corrected chi connectivity index (χ3v) is 4.87. The first-order valence-electron chi connectivity index (χ1n) is 7.31. The van der Waals surface area contributed by atoms with E-state index in [4.69, 9.17) is 21.1 Å². The van der Waals surface area contributed by atoms with Crippen molar-refractivity contribution in [2.24, 2.45) is 0 Å². The molecule has 1 aromatic carbocycles. The van der Waals surface area contributed by atoms with Gasteiger partial charge in [0.25, 0.3) is 0 Å². The molecule has 1 aliphatic rings. The molecule has 7 heteroatoms. The third-order valence-electron chi connectivity index (χ3n) is 3.31. The van der Waals surface area contributed by atoms with Gasteiger partial charge in [-0.25, -0.2) is 4.79 Å². The lowest BCUT2D eigenvalue weighted by Gasteiger charge is -2.28. The molecule has 23 heavy (non-hydrogen) atoms. The highest BCUT2D eigenvalue weighted by Crippen LogP contribution is 2.42. The van der Waals surface area contributed by atoms with E-state index in [1.165, 1.54) is 18.9 Å². The predicted octanol–water partition coefficient (Wildman–Crippen LogP) is 2.88. The molecule has 2 unspecified atom stereocenters. The Morgan fingerprint density at radius 2 is 2.17 bits per heavy atom. The van der Waals surface area contributed by atoms with Crippen molar-refractivity contribution in [2.75, 3.05) is 19.5 Å². The molecule has 1 saturated heterocycles. The Morgan fingerprint density at radius 3 is 2.78 bits per heavy atom. The first-order chi connectivity index (χ1) is 10.9. The molecule has 0 radical (unpaired) electrons. The zero-order chi connectivity index (χ0) is 17.0. The number of amides is 1. The van der Waals surface area contributed by atoms with E-state index < -0.39 is 6.04 Å². The van der Waals surface area contributed by atoms with Crippen LogP contribution in [0, 0.1) is 0 Å². The highest BCUT2D eigenvalue weighted by molar-refractivity contribution is 7.99. The van der Waals surface area contributed by atoms with Gasteiger partial charge in [0.05, 0.1) is 6.10 Å². The summed E-state index contributed by atoms with van der Waals surface area (Å²) in [5.41, 5.74) is 0.881. The summed E-state index contributed by atoms with van der Waals surface area (Å²) in [6, 6.07) is 6.69. The number of methoxy groups -OCH3 is 1. The molecule has 0 aromatic heterocycles. The molecule has 1 fully saturated rings. The Balaban J connectivity index is 2.28. The number of rotatable bonds is 5. The van der Waals surface area contributed by atoms with Gasteiger partial charge in [0.2, 0.25) is 5.91 Å². The second-order valence-corrected chi connectivity index (χ2v) is 7.03. The van der Waals surface area contributed by atoms with Gasteiger partial charge in [0.15, 0.2) is 0 Å². The normalized spacial score (nSPS) is 20.8. The van der Waals surface area contributed by atoms with Crippen molar-refractivity contribution in [3.8, 4) is 0 Å². The summed E-state index contributed by atoms with van der Waals surface area (Å²) in [6.45, 7) is 3.49. The molecule has 0 aliphatic carbocycles. The summed E-state index contributed by atoms with van der Waals surface area (Å²) in [7, 11) is 1.46. The van der Waals surface area contributed by atoms with Crippen LogP contribution >= 0.6 is 23.4 Å². The predicted molar refractivity (Wildman–Crippen MR) is 90.4 cm³/mol. The lowest BCUT2D eigenvalue weighted by atomic mass is 10.1. The van der Waals surface area contributed by atoms with Gasteiger partial charge in [0, 0.05) is 17.9 Å². The first kappa shape index (κ1) is 18.1. The van der Waals surface area contributed by atoms with Crippen molar-refractivity contribution >= 4 is 35.2 Å². The van der Waals surface area contributed by atoms with Crippen molar-refractivity contribution in [1.29, 1.82) is 0 Å². The van der Waals surface area contributed by atoms with Crippen LogP contribution in [0.3, 0.4) is 0 Å². The number of esters is 1. The fourth-order valence-electron chi connectivity index (χ4n) is 2.42. The van der Waals surface area contributed by atoms with Crippen LogP contribution in [0.25, 0.3) is 0 Å². The highest BCUT2D eigenvalue weighted by atomic mass is 35.5. The molecule has 126 valence electrons. The summed E-state index contributed by atoms with van der Waals surface area (Å²) in [5.74, 6) is -0.146. The van der Waals surface area contributed by atoms with E-state index in [0.29, 0.717) is 10.8 Å². The number of halogens is 1. The molecule has 0 bridgehead atoms. The van der Waals surface area contributed by atoms with Gasteiger partial charge in [0.1, 0.15) is 18.0 Å². The SMILES string of the molecule is COCC(=O)N1C(C(=O)OC(C)C)CSC1c1cccc(Cl)c1. The van der Waals surface area contributed by atoms with E-state index in [0.717, 1.165) is 5.56 Å². The number of nitrogens with zero attached hydrogens (tertiary/aromatic N) is 1. The molecular formula is C16H20ClNO4S. The molecule has 1 amide bonds. The van der Waals surface area contributed by atoms with Gasteiger partial charge in [-0.05, 0) is 31.5 Å². The van der Waals surface area contributed by atoms with E-state index >= 15 is 0 Å². The Hall–Kier alpha value is -1.24. The van der Waals surface area contributed by atoms with Crippen molar-refractivity contribution in [3.63, 3.8) is 0 Å². The maximum absolute atomic E-state index is 12.5. The lowest BCUT2D eigenvalue weighted by molar-refractivity contribution is -0.158. The molecule has 1 aliphatic heterocycles. The largest absolute Gasteiger partial charge is 0.461 e. The quantitative estimate of drug-likeness (QED) is 0.758. The minimum atomic E-state index is -0.617. The molecule has 2 rings (SSSR count). The molecule has 0 N–H and O–H groups in total. The van der Waals surface area contributed by atoms with Crippen molar-refractivity contribution in [2.45, 2.75) is 31.4 Å². The minimum Gasteiger partial charge on any atom is -0.461 e. The minimum absolute atomic E-state index is 0.0803. The fourth-order valence-corrected chi connectivity index (χ4v) is 4.04. The Kier molecular flexibility index (Phi) is 6.33. The van der Waals surface area contributed by atoms with Gasteiger partial charge < -0.3 is 14.4 Å². The number of hydrogen-bond acceptors (Lipinski definition) is 5. The van der Waals surface area contributed by atoms with Crippen LogP contribution in [0.2, 0.25) is 5.02 Å². The van der Waals surface area contributed by atoms with E-state index in [2.05, 4.69) is 0 Å². The lowest BCUT2D eigenvalue weighted by Crippen LogP contribution is -2.45. The number of hydrogen-bond donors (Lipinski definition) is 0. The third kappa shape index (κ3) is 4.40. The summed E-state index contributed by atoms with van der Waals surface area (Å²) >= 11 is 7.57. The van der Waals surface area contributed by atoms with Gasteiger partial charge in [-0.1, -0.05) is 23.7 Å². The number of carbonyl (C=O) groups is 2. The molecule has 1 aromatic rings. The Morgan fingerprint density at radius 1 is 1.43 bits per heavy atom. The standard InChI is InChI=1S/C16H20ClNO4S/c1-10(2)22-16(20)13-9-23-15(18(13)14(19)8-21-3)11-5-4-6-12(17)7-11/h4-7,10,13,15H,8-9H2,1-3H3. The van der Waals surface area contributed by atoms with Gasteiger partial charge in [-0.15, -0.1) is 11.8 Å². The van der Waals surface area contributed by atoms with Crippen LogP contribution in [0.4, 0.5) is 0 Å². The highest BCUT2D eigenvalue weighted by Gasteiger charge is 2.43. The van der Waals surface area contributed by atoms with Crippen LogP contribution in [0.1, 0.15) is 24.8 Å². The number of thioether (sulfide) groups is 1. The number of benzene rings is 1. The fraction of sp³-hybridized carbons (Fsp3) is 0.500. The topological polar surface area (TPSA) is 55.8 Å². The summed E-state index contributed by atoms with van der Waals surface area (Å²) < 4.78 is 10.2. The van der Waals surface area contributed by atoms with Gasteiger partial charge >= 0.3 is 5.97 Å². The molecule has 0 saturated carbocycles. The Labute approximate surface area is 145 Å². The van der Waals surface area contributed by atoms with Crippen LogP contribution in [0.15, 0.2) is 24.3 Å². The molecule has 2 atom stereocenters. The maximum atomic E-state index is 12.5. The van der Waals surface area contributed by atoms with Crippen molar-refractivity contribution in [3.05, 3.63) is 34.9 Å². The number of ether oxygens (including phenoxy) is 2. The van der Waals surface area contributed by atoms with E-state index in [1.54, 1.807) is 24.8 Å². The van der Waals surface area contributed by atoms with E-state index in [1.807, 2.05) is 18.2 Å². The monoisotopic (exact) mass is 357 g/mol. The van der Waals surface area contributed by atoms with Gasteiger partial charge in [-0.3, -0.25) is 4.79 Å². The first-order valence-corrected chi connectivity index (χ1v) is 8.74. The van der Waals surface area contributed by atoms with E-state index in [-0.39, 0.29) is 30.0 Å². The molecule has 1 heterocycles. The average molecular weight is 358 g/mol. The smallest absolute Gasteiger partial charge is 0.330 e. The van der Waals surface area contributed by atoms with Crippen LogP contribution in [0.5, 0.6) is 0 Å². The molecule has 0 spiro atoms. The van der Waals surface area contributed by atoms with Crippen molar-refractivity contribution < 1.29 is 19.1 Å². The van der Waals surface area contributed by atoms with Crippen molar-refractivity contribution in [1.82, 2.24) is 4.90 Å². The van der Waals surface area contributed by atoms with Crippen LogP contribution < -0.4 is 0 Å². The van der Waals surface area contributed by atoms with Crippen LogP contribution in [-0.2, 0) is 19.1 Å². The molecule has 5 nitrogen and oxygen atoms in total. The number of carbonyl (C=O) groups excluding carboxylic acids is 2. The summed E-state index contributed by atoms with van der Waals surface area (Å²) in [6.07, 6.45) is -0.225.